The van der Waals surface area contributed by atoms with Crippen LogP contribution in [0.25, 0.3) is 11.1 Å². The lowest BCUT2D eigenvalue weighted by Gasteiger charge is -2.37. The van der Waals surface area contributed by atoms with Gasteiger partial charge in [0, 0.05) is 44.6 Å². The number of rotatable bonds is 12. The summed E-state index contributed by atoms with van der Waals surface area (Å²) in [7, 11) is 0. The summed E-state index contributed by atoms with van der Waals surface area (Å²) in [5.74, 6) is 0.0165. The van der Waals surface area contributed by atoms with Crippen molar-refractivity contribution in [3.8, 4) is 28.4 Å². The molecule has 0 saturated carbocycles. The number of hydrogen-bond acceptors (Lipinski definition) is 9. The molecule has 2 amide bonds. The molecule has 0 bridgehead atoms. The van der Waals surface area contributed by atoms with E-state index < -0.39 is 36.0 Å². The Morgan fingerprint density at radius 3 is 2.35 bits per heavy atom. The van der Waals surface area contributed by atoms with E-state index in [0.29, 0.717) is 52.0 Å². The molecule has 1 unspecified atom stereocenters. The van der Waals surface area contributed by atoms with E-state index in [0.717, 1.165) is 50.2 Å². The summed E-state index contributed by atoms with van der Waals surface area (Å²) in [4.78, 5) is 51.1. The lowest BCUT2D eigenvalue weighted by Crippen LogP contribution is -2.56. The van der Waals surface area contributed by atoms with Crippen molar-refractivity contribution in [2.24, 2.45) is 0 Å². The summed E-state index contributed by atoms with van der Waals surface area (Å²) in [6.07, 6.45) is 2.14. The first-order valence-electron chi connectivity index (χ1n) is 20.2. The van der Waals surface area contributed by atoms with Crippen LogP contribution in [0.15, 0.2) is 95.5 Å². The number of pyridine rings is 1. The van der Waals surface area contributed by atoms with Crippen LogP contribution < -0.4 is 19.5 Å². The standard InChI is InChI=1S/C48H44Cl2N4O8/c1-26-27(2)51-17-15-37(26)32-8-5-30(6-9-32)20-40(48(57)58)53-46(55)41-21-34-22-42-43(23-35(34)24-54(41)47(56)45-28(3)61-29(4)52-45)62-44(25-60-42)33-10-12-36(13-11-33)59-18-16-31-7-14-38(49)39(50)19-31/h5-15,17,19,22-23,40-41,44H,16,18,20-21,24-25H2,1-4H3,(H,53,55)(H,57,58)/t40?,41-,44+/m0/s1. The third-order valence-electron chi connectivity index (χ3n) is 11.4. The Hall–Kier alpha value is -6.37. The number of oxazole rings is 1. The van der Waals surface area contributed by atoms with Crippen LogP contribution in [0.3, 0.4) is 0 Å². The van der Waals surface area contributed by atoms with E-state index in [1.54, 1.807) is 26.1 Å². The van der Waals surface area contributed by atoms with Gasteiger partial charge in [-0.25, -0.2) is 9.78 Å². The number of carbonyl (C=O) groups excluding carboxylic acids is 2. The molecule has 4 aromatic carbocycles. The maximum absolute atomic E-state index is 14.2. The second kappa shape index (κ2) is 17.9. The predicted molar refractivity (Wildman–Crippen MR) is 233 cm³/mol. The number of carbonyl (C=O) groups is 3. The Bertz CT molecular complexity index is 2670. The topological polar surface area (TPSA) is 153 Å². The predicted octanol–water partition coefficient (Wildman–Crippen LogP) is 8.79. The Morgan fingerprint density at radius 1 is 0.903 bits per heavy atom. The number of fused-ring (bicyclic) bond motifs is 2. The zero-order chi connectivity index (χ0) is 43.7. The number of carboxylic acids is 1. The van der Waals surface area contributed by atoms with Gasteiger partial charge in [0.25, 0.3) is 5.91 Å². The molecular weight excluding hydrogens is 831 g/mol. The fraction of sp³-hybridized carbons (Fsp3) is 0.271. The molecule has 2 aliphatic rings. The van der Waals surface area contributed by atoms with Gasteiger partial charge in [-0.05, 0) is 108 Å². The van der Waals surface area contributed by atoms with E-state index in [2.05, 4.69) is 15.3 Å². The average Bonchev–Trinajstić information content (AvgIpc) is 3.61. The molecule has 12 nitrogen and oxygen atoms in total. The molecule has 14 heteroatoms. The molecule has 2 aliphatic heterocycles. The van der Waals surface area contributed by atoms with E-state index >= 15 is 0 Å². The fourth-order valence-electron chi connectivity index (χ4n) is 7.86. The average molecular weight is 876 g/mol. The van der Waals surface area contributed by atoms with Gasteiger partial charge in [-0.3, -0.25) is 14.6 Å². The molecule has 318 valence electrons. The van der Waals surface area contributed by atoms with E-state index in [4.69, 9.17) is 41.8 Å². The zero-order valence-electron chi connectivity index (χ0n) is 34.5. The highest BCUT2D eigenvalue weighted by atomic mass is 35.5. The Balaban J connectivity index is 0.976. The molecule has 2 N–H and O–H groups in total. The number of hydrogen-bond donors (Lipinski definition) is 2. The SMILES string of the molecule is Cc1nc(C(=O)N2Cc3cc4c(cc3C[C@H]2C(=O)NC(Cc2ccc(-c3ccnc(C)c3C)cc2)C(=O)O)OC[C@H](c2ccc(OCCc3ccc(Cl)c(Cl)c3)cc2)O4)c(C)o1. The van der Waals surface area contributed by atoms with Crippen molar-refractivity contribution in [3.05, 3.63) is 158 Å². The number of nitrogens with one attached hydrogen (secondary N) is 1. The van der Waals surface area contributed by atoms with Crippen LogP contribution in [-0.2, 0) is 35.4 Å². The van der Waals surface area contributed by atoms with Crippen LogP contribution >= 0.6 is 23.2 Å². The van der Waals surface area contributed by atoms with Gasteiger partial charge in [0.05, 0.1) is 16.7 Å². The van der Waals surface area contributed by atoms with E-state index in [9.17, 15) is 19.5 Å². The molecule has 4 heterocycles. The molecule has 6 aromatic rings. The van der Waals surface area contributed by atoms with Gasteiger partial charge >= 0.3 is 5.97 Å². The Morgan fingerprint density at radius 2 is 1.65 bits per heavy atom. The van der Waals surface area contributed by atoms with Crippen LogP contribution in [0.4, 0.5) is 0 Å². The van der Waals surface area contributed by atoms with Crippen LogP contribution in [0.1, 0.15) is 67.3 Å². The number of aryl methyl sites for hydroxylation is 3. The molecule has 2 aromatic heterocycles. The fourth-order valence-corrected chi connectivity index (χ4v) is 8.18. The molecule has 62 heavy (non-hydrogen) atoms. The monoisotopic (exact) mass is 874 g/mol. The number of amides is 2. The smallest absolute Gasteiger partial charge is 0.326 e. The first kappa shape index (κ1) is 42.3. The summed E-state index contributed by atoms with van der Waals surface area (Å²) < 4.78 is 24.3. The van der Waals surface area contributed by atoms with Crippen molar-refractivity contribution in [2.45, 2.75) is 71.7 Å². The highest BCUT2D eigenvalue weighted by molar-refractivity contribution is 6.42. The lowest BCUT2D eigenvalue weighted by atomic mass is 9.91. The van der Waals surface area contributed by atoms with Crippen molar-refractivity contribution < 1.29 is 38.1 Å². The van der Waals surface area contributed by atoms with Crippen LogP contribution in [0.5, 0.6) is 17.2 Å². The Kier molecular flexibility index (Phi) is 12.2. The third kappa shape index (κ3) is 9.12. The number of aromatic nitrogens is 2. The highest BCUT2D eigenvalue weighted by Crippen LogP contribution is 2.41. The molecule has 0 radical (unpaired) electrons. The summed E-state index contributed by atoms with van der Waals surface area (Å²) in [5.41, 5.74) is 8.24. The Labute approximate surface area is 368 Å². The summed E-state index contributed by atoms with van der Waals surface area (Å²) in [5, 5.41) is 14.1. The van der Waals surface area contributed by atoms with Crippen molar-refractivity contribution in [1.29, 1.82) is 0 Å². The van der Waals surface area contributed by atoms with Gasteiger partial charge in [-0.1, -0.05) is 65.7 Å². The molecule has 3 atom stereocenters. The summed E-state index contributed by atoms with van der Waals surface area (Å²) in [6, 6.07) is 24.0. The second-order valence-electron chi connectivity index (χ2n) is 15.6. The molecular formula is C48H44Cl2N4O8. The van der Waals surface area contributed by atoms with Gasteiger partial charge < -0.3 is 34.0 Å². The number of benzene rings is 4. The minimum atomic E-state index is -1.26. The summed E-state index contributed by atoms with van der Waals surface area (Å²) >= 11 is 12.2. The van der Waals surface area contributed by atoms with Crippen LogP contribution in [-0.4, -0.2) is 63.1 Å². The summed E-state index contributed by atoms with van der Waals surface area (Å²) in [6.45, 7) is 7.97. The van der Waals surface area contributed by atoms with E-state index in [1.165, 1.54) is 4.90 Å². The third-order valence-corrected chi connectivity index (χ3v) is 12.1. The van der Waals surface area contributed by atoms with Crippen molar-refractivity contribution >= 4 is 41.0 Å². The van der Waals surface area contributed by atoms with Crippen LogP contribution in [0.2, 0.25) is 10.0 Å². The first-order chi connectivity index (χ1) is 29.8. The minimum Gasteiger partial charge on any atom is -0.493 e. The molecule has 0 fully saturated rings. The number of ether oxygens (including phenoxy) is 3. The number of carboxylic acid groups (broad SMARTS) is 1. The zero-order valence-corrected chi connectivity index (χ0v) is 36.0. The van der Waals surface area contributed by atoms with Gasteiger partial charge in [0.15, 0.2) is 29.2 Å². The van der Waals surface area contributed by atoms with E-state index in [-0.39, 0.29) is 31.7 Å². The number of aliphatic carboxylic acids is 1. The molecule has 8 rings (SSSR count). The number of nitrogens with zero attached hydrogens (tertiary/aromatic N) is 3. The van der Waals surface area contributed by atoms with Gasteiger partial charge in [0.1, 0.15) is 30.2 Å². The highest BCUT2D eigenvalue weighted by Gasteiger charge is 2.39. The van der Waals surface area contributed by atoms with E-state index in [1.807, 2.05) is 92.7 Å². The lowest BCUT2D eigenvalue weighted by molar-refractivity contribution is -0.142. The van der Waals surface area contributed by atoms with Crippen molar-refractivity contribution in [2.75, 3.05) is 13.2 Å². The molecule has 0 aliphatic carbocycles. The van der Waals surface area contributed by atoms with Gasteiger partial charge in [-0.2, -0.15) is 0 Å². The van der Waals surface area contributed by atoms with Gasteiger partial charge in [-0.15, -0.1) is 0 Å². The quantitative estimate of drug-likeness (QED) is 0.122. The second-order valence-corrected chi connectivity index (χ2v) is 16.4. The van der Waals surface area contributed by atoms with Crippen LogP contribution in [0, 0.1) is 27.7 Å². The maximum atomic E-state index is 14.2. The number of halogens is 2. The first-order valence-corrected chi connectivity index (χ1v) is 21.0. The largest absolute Gasteiger partial charge is 0.493 e. The van der Waals surface area contributed by atoms with Gasteiger partial charge in [0.2, 0.25) is 5.91 Å². The van der Waals surface area contributed by atoms with Crippen molar-refractivity contribution in [3.63, 3.8) is 0 Å². The van der Waals surface area contributed by atoms with Crippen molar-refractivity contribution in [1.82, 2.24) is 20.2 Å². The minimum absolute atomic E-state index is 0.0280. The molecule has 0 saturated heterocycles. The normalized spacial score (nSPS) is 16.0. The molecule has 0 spiro atoms. The maximum Gasteiger partial charge on any atom is 0.326 e.